The Kier molecular flexibility index (Phi) is 22.8. The van der Waals surface area contributed by atoms with E-state index in [-0.39, 0.29) is 17.9 Å². The fraction of sp³-hybridized carbons (Fsp3) is 0.787. The number of esters is 3. The summed E-state index contributed by atoms with van der Waals surface area (Å²) in [5, 5.41) is 47.0. The molecule has 2 aliphatic rings. The van der Waals surface area contributed by atoms with Gasteiger partial charge in [0.2, 0.25) is 0 Å². The quantitative estimate of drug-likeness (QED) is 0.0435. The Hall–Kier alpha value is -3.34. The van der Waals surface area contributed by atoms with Crippen LogP contribution in [0.4, 0.5) is 0 Å². The van der Waals surface area contributed by atoms with Crippen molar-refractivity contribution in [3.63, 3.8) is 0 Å². The predicted molar refractivity (Wildman–Crippen MR) is 229 cm³/mol. The number of hydrogen-bond donors (Lipinski definition) is 4. The maximum atomic E-state index is 14.7. The van der Waals surface area contributed by atoms with Gasteiger partial charge in [0.1, 0.15) is 48.7 Å². The average Bonchev–Trinajstić information content (AvgIpc) is 3.93. The number of carbonyl (C=O) groups excluding carboxylic acids is 6. The minimum Gasteiger partial charge on any atom is -0.463 e. The molecule has 0 amide bonds. The zero-order valence-electron chi connectivity index (χ0n) is 38.8. The third-order valence-corrected chi connectivity index (χ3v) is 12.6. The van der Waals surface area contributed by atoms with Crippen LogP contribution in [-0.2, 0) is 52.5 Å². The van der Waals surface area contributed by atoms with Crippen LogP contribution in [0.2, 0.25) is 0 Å². The third-order valence-electron chi connectivity index (χ3n) is 12.6. The molecule has 0 aromatic carbocycles. The molecular formula is C47H76O15. The Morgan fingerprint density at radius 1 is 0.968 bits per heavy atom. The van der Waals surface area contributed by atoms with Crippen molar-refractivity contribution in [3.8, 4) is 0 Å². The number of aliphatic hydroxyl groups excluding tert-OH is 3. The molecule has 1 fully saturated rings. The summed E-state index contributed by atoms with van der Waals surface area (Å²) < 4.78 is 27.7. The number of allylic oxidation sites excluding steroid dienone is 2. The number of ether oxygens (including phenoxy) is 5. The van der Waals surface area contributed by atoms with Gasteiger partial charge in [-0.3, -0.25) is 24.0 Å². The van der Waals surface area contributed by atoms with Crippen LogP contribution in [0.3, 0.4) is 0 Å². The standard InChI is InChI=1S/C47H76O15/c1-11-13-14-15-16-17-18-19-20-21-23-37(51)60-27-47(57)36(50)25-35(49)29(4)24-30(5)40(61-33(8)48)31(6)38(52)32(7)41(58-10)39(53)45(56)59-26-34(43(47)55)42(54)46(9)44(62-46)28(3)22-12-2/h12,22,24,28-29,31-32,34,36,39-42,44,50,53-54,57H,11,13-21,23,25-27H2,1-10H3. The first-order valence-electron chi connectivity index (χ1n) is 22.5. The second-order valence-corrected chi connectivity index (χ2v) is 17.7. The van der Waals surface area contributed by atoms with Gasteiger partial charge in [-0.15, -0.1) is 0 Å². The van der Waals surface area contributed by atoms with E-state index >= 15 is 0 Å². The number of Topliss-reactive ketones (excluding diaryl/α,β-unsaturated/α-hetero) is 3. The monoisotopic (exact) mass is 881 g/mol. The molecule has 0 aliphatic carbocycles. The van der Waals surface area contributed by atoms with Gasteiger partial charge < -0.3 is 44.1 Å². The number of carbonyl (C=O) groups is 6. The molecule has 0 radical (unpaired) electrons. The summed E-state index contributed by atoms with van der Waals surface area (Å²) in [5.74, 6) is -10.8. The second-order valence-electron chi connectivity index (χ2n) is 17.7. The molecule has 2 heterocycles. The normalized spacial score (nSPS) is 32.9. The number of ketones is 3. The molecule has 15 heteroatoms. The summed E-state index contributed by atoms with van der Waals surface area (Å²) in [5.41, 5.74) is -4.17. The first-order chi connectivity index (χ1) is 29.1. The lowest BCUT2D eigenvalue weighted by Crippen LogP contribution is -2.60. The van der Waals surface area contributed by atoms with E-state index in [0.717, 1.165) is 46.1 Å². The number of aliphatic hydroxyl groups is 4. The van der Waals surface area contributed by atoms with Crippen LogP contribution < -0.4 is 0 Å². The maximum absolute atomic E-state index is 14.7. The Labute approximate surface area is 368 Å². The fourth-order valence-corrected chi connectivity index (χ4v) is 8.51. The molecule has 0 spiro atoms. The van der Waals surface area contributed by atoms with Crippen molar-refractivity contribution in [2.45, 2.75) is 187 Å². The van der Waals surface area contributed by atoms with Crippen LogP contribution in [-0.4, -0.2) is 124 Å². The molecular weight excluding hydrogens is 805 g/mol. The number of hydrogen-bond acceptors (Lipinski definition) is 15. The van der Waals surface area contributed by atoms with E-state index in [1.54, 1.807) is 13.0 Å². The van der Waals surface area contributed by atoms with E-state index in [4.69, 9.17) is 23.7 Å². The molecule has 62 heavy (non-hydrogen) atoms. The lowest BCUT2D eigenvalue weighted by atomic mass is 9.76. The molecule has 2 rings (SSSR count). The molecule has 2 aliphatic heterocycles. The minimum atomic E-state index is -3.02. The number of methoxy groups -OCH3 is 1. The smallest absolute Gasteiger partial charge is 0.337 e. The minimum absolute atomic E-state index is 0.0433. The summed E-state index contributed by atoms with van der Waals surface area (Å²) in [6.45, 7) is 12.3. The summed E-state index contributed by atoms with van der Waals surface area (Å²) in [6.07, 6.45) is 4.97. The van der Waals surface area contributed by atoms with Gasteiger partial charge in [0.15, 0.2) is 17.5 Å². The first kappa shape index (κ1) is 54.8. The molecule has 15 nitrogen and oxygen atoms in total. The molecule has 354 valence electrons. The van der Waals surface area contributed by atoms with E-state index in [1.807, 2.05) is 13.0 Å². The average molecular weight is 881 g/mol. The van der Waals surface area contributed by atoms with Gasteiger partial charge in [0.25, 0.3) is 0 Å². The molecule has 13 atom stereocenters. The van der Waals surface area contributed by atoms with E-state index in [2.05, 4.69) is 6.92 Å². The van der Waals surface area contributed by atoms with Crippen molar-refractivity contribution in [1.29, 1.82) is 0 Å². The highest BCUT2D eigenvalue weighted by molar-refractivity contribution is 5.93. The molecule has 1 saturated heterocycles. The lowest BCUT2D eigenvalue weighted by Gasteiger charge is -2.36. The largest absolute Gasteiger partial charge is 0.463 e. The van der Waals surface area contributed by atoms with Gasteiger partial charge in [-0.1, -0.05) is 111 Å². The van der Waals surface area contributed by atoms with Crippen molar-refractivity contribution < 1.29 is 72.9 Å². The summed E-state index contributed by atoms with van der Waals surface area (Å²) in [7, 11) is 1.16. The molecule has 0 aromatic rings. The first-order valence-corrected chi connectivity index (χ1v) is 22.5. The van der Waals surface area contributed by atoms with Crippen molar-refractivity contribution in [2.24, 2.45) is 29.6 Å². The highest BCUT2D eigenvalue weighted by atomic mass is 16.6. The number of cyclic esters (lactones) is 1. The Morgan fingerprint density at radius 2 is 1.55 bits per heavy atom. The van der Waals surface area contributed by atoms with Crippen molar-refractivity contribution in [2.75, 3.05) is 20.3 Å². The molecule has 0 aromatic heterocycles. The van der Waals surface area contributed by atoms with Crippen LogP contribution in [0.1, 0.15) is 139 Å². The van der Waals surface area contributed by atoms with Crippen LogP contribution in [0, 0.1) is 29.6 Å². The number of epoxide rings is 1. The van der Waals surface area contributed by atoms with Crippen LogP contribution in [0.5, 0.6) is 0 Å². The Bertz CT molecular complexity index is 1560. The van der Waals surface area contributed by atoms with E-state index in [0.29, 0.717) is 6.42 Å². The van der Waals surface area contributed by atoms with Gasteiger partial charge in [-0.05, 0) is 32.8 Å². The summed E-state index contributed by atoms with van der Waals surface area (Å²) in [6, 6.07) is 0. The van der Waals surface area contributed by atoms with Crippen LogP contribution >= 0.6 is 0 Å². The molecule has 4 N–H and O–H groups in total. The summed E-state index contributed by atoms with van der Waals surface area (Å²) in [4.78, 5) is 81.1. The van der Waals surface area contributed by atoms with Gasteiger partial charge in [0.05, 0.1) is 24.0 Å². The van der Waals surface area contributed by atoms with Gasteiger partial charge in [-0.2, -0.15) is 0 Å². The van der Waals surface area contributed by atoms with Crippen molar-refractivity contribution in [1.82, 2.24) is 0 Å². The summed E-state index contributed by atoms with van der Waals surface area (Å²) >= 11 is 0. The van der Waals surface area contributed by atoms with E-state index in [1.165, 1.54) is 66.4 Å². The van der Waals surface area contributed by atoms with Gasteiger partial charge in [-0.25, -0.2) is 4.79 Å². The van der Waals surface area contributed by atoms with Crippen molar-refractivity contribution in [3.05, 3.63) is 23.8 Å². The number of unbranched alkanes of at least 4 members (excludes halogenated alkanes) is 9. The van der Waals surface area contributed by atoms with Gasteiger partial charge >= 0.3 is 17.9 Å². The van der Waals surface area contributed by atoms with Crippen LogP contribution in [0.15, 0.2) is 23.8 Å². The molecule has 13 unspecified atom stereocenters. The third kappa shape index (κ3) is 15.1. The second kappa shape index (κ2) is 25.8. The Morgan fingerprint density at radius 3 is 2.10 bits per heavy atom. The van der Waals surface area contributed by atoms with Gasteiger partial charge in [0, 0.05) is 44.6 Å². The lowest BCUT2D eigenvalue weighted by molar-refractivity contribution is -0.181. The fourth-order valence-electron chi connectivity index (χ4n) is 8.51. The molecule has 0 saturated carbocycles. The SMILES string of the molecule is CC=CC(C)C1OC1(C)C(O)C1COC(=O)C(O)C(OC)C(C)C(=O)C(C)C(OC(C)=O)C(C)=CC(C)C(=O)CC(O)C(O)(COC(=O)CCCCCCCCCCCC)C1=O. The number of rotatable bonds is 19. The highest BCUT2D eigenvalue weighted by Crippen LogP contribution is 2.47. The van der Waals surface area contributed by atoms with Crippen LogP contribution in [0.25, 0.3) is 0 Å². The topological polar surface area (TPSA) is 233 Å². The predicted octanol–water partition coefficient (Wildman–Crippen LogP) is 5.10. The zero-order valence-corrected chi connectivity index (χ0v) is 38.8. The maximum Gasteiger partial charge on any atom is 0.337 e. The zero-order chi connectivity index (χ0) is 46.9. The van der Waals surface area contributed by atoms with E-state index in [9.17, 15) is 49.2 Å². The van der Waals surface area contributed by atoms with E-state index < -0.39 is 126 Å². The molecule has 0 bridgehead atoms. The Balaban J connectivity index is 2.57. The van der Waals surface area contributed by atoms with Crippen molar-refractivity contribution >= 4 is 35.3 Å². The highest BCUT2D eigenvalue weighted by Gasteiger charge is 2.63.